The molecule has 0 aliphatic carbocycles. The molecular weight excluding hydrogens is 180 g/mol. The van der Waals surface area contributed by atoms with Crippen LogP contribution in [0.2, 0.25) is 0 Å². The SMILES string of the molecule is CO[SiH](OC)C(OC)(OC)OC. The van der Waals surface area contributed by atoms with Crippen molar-refractivity contribution >= 4 is 9.28 Å². The van der Waals surface area contributed by atoms with Gasteiger partial charge in [-0.15, -0.1) is 0 Å². The van der Waals surface area contributed by atoms with Crippen molar-refractivity contribution in [3.63, 3.8) is 0 Å². The van der Waals surface area contributed by atoms with Crippen molar-refractivity contribution < 1.29 is 23.1 Å². The van der Waals surface area contributed by atoms with Crippen molar-refractivity contribution in [1.29, 1.82) is 0 Å². The molecule has 0 saturated heterocycles. The largest absolute Gasteiger partial charge is 0.422 e. The summed E-state index contributed by atoms with van der Waals surface area (Å²) in [5.41, 5.74) is -1.16. The van der Waals surface area contributed by atoms with Crippen LogP contribution in [0.3, 0.4) is 0 Å². The van der Waals surface area contributed by atoms with Crippen LogP contribution in [0.1, 0.15) is 0 Å². The fourth-order valence-corrected chi connectivity index (χ4v) is 2.27. The van der Waals surface area contributed by atoms with Gasteiger partial charge in [0.2, 0.25) is 0 Å². The second-order valence-corrected chi connectivity index (χ2v) is 4.33. The Morgan fingerprint density at radius 3 is 1.17 bits per heavy atom. The van der Waals surface area contributed by atoms with Gasteiger partial charge in [-0.3, -0.25) is 0 Å². The Hall–Kier alpha value is 0.0169. The zero-order chi connectivity index (χ0) is 9.61. The van der Waals surface area contributed by atoms with Crippen LogP contribution in [0.5, 0.6) is 0 Å². The van der Waals surface area contributed by atoms with E-state index < -0.39 is 14.9 Å². The molecule has 0 fully saturated rings. The van der Waals surface area contributed by atoms with E-state index in [2.05, 4.69) is 0 Å². The topological polar surface area (TPSA) is 46.2 Å². The Balaban J connectivity index is 4.42. The molecule has 0 aromatic carbocycles. The molecule has 0 atom stereocenters. The summed E-state index contributed by atoms with van der Waals surface area (Å²) in [7, 11) is 5.39. The smallest absolute Gasteiger partial charge is 0.395 e. The van der Waals surface area contributed by atoms with Crippen molar-refractivity contribution in [1.82, 2.24) is 0 Å². The molecule has 0 aliphatic rings. The summed E-state index contributed by atoms with van der Waals surface area (Å²) in [4.78, 5) is 0. The number of hydrogen-bond acceptors (Lipinski definition) is 5. The Labute approximate surface area is 74.4 Å². The maximum atomic E-state index is 5.08. The van der Waals surface area contributed by atoms with Crippen LogP contribution in [0.4, 0.5) is 0 Å². The van der Waals surface area contributed by atoms with E-state index in [0.29, 0.717) is 0 Å². The first kappa shape index (κ1) is 12.0. The predicted octanol–water partition coefficient (Wildman–Crippen LogP) is -0.368. The average Bonchev–Trinajstić information content (AvgIpc) is 2.14. The van der Waals surface area contributed by atoms with Gasteiger partial charge in [-0.1, -0.05) is 0 Å². The normalized spacial score (nSPS) is 12.5. The summed E-state index contributed by atoms with van der Waals surface area (Å²) in [5.74, 6) is 0. The molecule has 74 valence electrons. The minimum absolute atomic E-state index is 1.16. The van der Waals surface area contributed by atoms with E-state index >= 15 is 0 Å². The van der Waals surface area contributed by atoms with Gasteiger partial charge in [0, 0.05) is 35.5 Å². The number of rotatable bonds is 6. The van der Waals surface area contributed by atoms with Crippen LogP contribution in [0, 0.1) is 0 Å². The molecule has 0 unspecified atom stereocenters. The zero-order valence-corrected chi connectivity index (χ0v) is 9.27. The molecule has 0 bridgehead atoms. The molecule has 0 N–H and O–H groups in total. The standard InChI is InChI=1S/C6H16O5Si/c1-7-6(8-2,9-3)12(10-4)11-5/h12H,1-5H3. The lowest BCUT2D eigenvalue weighted by atomic mass is 11.1. The third-order valence-corrected chi connectivity index (χ3v) is 3.71. The molecular formula is C6H16O5Si. The van der Waals surface area contributed by atoms with E-state index in [1.165, 1.54) is 35.5 Å². The van der Waals surface area contributed by atoms with Gasteiger partial charge in [0.05, 0.1) is 0 Å². The van der Waals surface area contributed by atoms with Gasteiger partial charge in [-0.25, -0.2) is 0 Å². The lowest BCUT2D eigenvalue weighted by Gasteiger charge is -2.32. The van der Waals surface area contributed by atoms with Gasteiger partial charge in [-0.2, -0.15) is 0 Å². The van der Waals surface area contributed by atoms with E-state index in [0.717, 1.165) is 0 Å². The number of hydrogen-bond donors (Lipinski definition) is 0. The summed E-state index contributed by atoms with van der Waals surface area (Å²) in [5, 5.41) is 0. The summed E-state index contributed by atoms with van der Waals surface area (Å²) >= 11 is 0. The average molecular weight is 196 g/mol. The van der Waals surface area contributed by atoms with Gasteiger partial charge in [0.1, 0.15) is 0 Å². The molecule has 0 spiro atoms. The van der Waals surface area contributed by atoms with E-state index in [1.54, 1.807) is 0 Å². The van der Waals surface area contributed by atoms with Crippen LogP contribution in [0.15, 0.2) is 0 Å². The monoisotopic (exact) mass is 196 g/mol. The molecule has 0 aliphatic heterocycles. The van der Waals surface area contributed by atoms with Crippen LogP contribution < -0.4 is 0 Å². The molecule has 0 amide bonds. The summed E-state index contributed by atoms with van der Waals surface area (Å²) in [6.07, 6.45) is 0. The quantitative estimate of drug-likeness (QED) is 0.428. The van der Waals surface area contributed by atoms with E-state index in [-0.39, 0.29) is 0 Å². The lowest BCUT2D eigenvalue weighted by Crippen LogP contribution is -2.53. The van der Waals surface area contributed by atoms with Crippen LogP contribution >= 0.6 is 0 Å². The fourth-order valence-electron chi connectivity index (χ4n) is 0.924. The highest BCUT2D eigenvalue weighted by Crippen LogP contribution is 2.16. The van der Waals surface area contributed by atoms with Crippen LogP contribution in [-0.2, 0) is 23.1 Å². The van der Waals surface area contributed by atoms with Gasteiger partial charge >= 0.3 is 14.9 Å². The maximum Gasteiger partial charge on any atom is 0.422 e. The predicted molar refractivity (Wildman–Crippen MR) is 44.9 cm³/mol. The number of ether oxygens (including phenoxy) is 3. The lowest BCUT2D eigenvalue weighted by molar-refractivity contribution is -0.310. The minimum atomic E-state index is -2.11. The third-order valence-electron chi connectivity index (χ3n) is 1.57. The molecule has 0 rings (SSSR count). The van der Waals surface area contributed by atoms with Gasteiger partial charge in [-0.05, 0) is 0 Å². The molecule has 6 heteroatoms. The van der Waals surface area contributed by atoms with Crippen molar-refractivity contribution in [2.24, 2.45) is 0 Å². The molecule has 5 nitrogen and oxygen atoms in total. The first-order valence-corrected chi connectivity index (χ1v) is 4.93. The first-order valence-electron chi connectivity index (χ1n) is 3.41. The van der Waals surface area contributed by atoms with E-state index in [4.69, 9.17) is 23.1 Å². The third kappa shape index (κ3) is 2.25. The highest BCUT2D eigenvalue weighted by Gasteiger charge is 2.44. The van der Waals surface area contributed by atoms with Crippen molar-refractivity contribution in [3.8, 4) is 0 Å². The molecule has 12 heavy (non-hydrogen) atoms. The second kappa shape index (κ2) is 5.63. The fraction of sp³-hybridized carbons (Fsp3) is 1.00. The summed E-state index contributed by atoms with van der Waals surface area (Å²) < 4.78 is 25.3. The molecule has 0 radical (unpaired) electrons. The Bertz CT molecular complexity index is 104. The van der Waals surface area contributed by atoms with E-state index in [9.17, 15) is 0 Å². The number of methoxy groups -OCH3 is 3. The Kier molecular flexibility index (Phi) is 5.63. The molecule has 0 aromatic heterocycles. The zero-order valence-electron chi connectivity index (χ0n) is 8.12. The van der Waals surface area contributed by atoms with Gasteiger partial charge in [0.15, 0.2) is 0 Å². The van der Waals surface area contributed by atoms with Crippen molar-refractivity contribution in [2.45, 2.75) is 5.60 Å². The second-order valence-electron chi connectivity index (χ2n) is 2.02. The minimum Gasteiger partial charge on any atom is -0.395 e. The molecule has 0 saturated carbocycles. The molecule has 0 heterocycles. The van der Waals surface area contributed by atoms with E-state index in [1.807, 2.05) is 0 Å². The van der Waals surface area contributed by atoms with Crippen molar-refractivity contribution in [3.05, 3.63) is 0 Å². The first-order chi connectivity index (χ1) is 5.70. The molecule has 0 aromatic rings. The highest BCUT2D eigenvalue weighted by molar-refractivity contribution is 6.46. The highest BCUT2D eigenvalue weighted by atomic mass is 28.3. The van der Waals surface area contributed by atoms with Gasteiger partial charge in [0.25, 0.3) is 0 Å². The maximum absolute atomic E-state index is 5.08. The van der Waals surface area contributed by atoms with Gasteiger partial charge < -0.3 is 23.1 Å². The Morgan fingerprint density at radius 2 is 1.08 bits per heavy atom. The van der Waals surface area contributed by atoms with Crippen molar-refractivity contribution in [2.75, 3.05) is 35.5 Å². The van der Waals surface area contributed by atoms with Crippen LogP contribution in [-0.4, -0.2) is 50.4 Å². The summed E-state index contributed by atoms with van der Waals surface area (Å²) in [6, 6.07) is 0. The summed E-state index contributed by atoms with van der Waals surface area (Å²) in [6.45, 7) is 0. The van der Waals surface area contributed by atoms with Crippen LogP contribution in [0.25, 0.3) is 0 Å². The Morgan fingerprint density at radius 1 is 0.750 bits per heavy atom.